The van der Waals surface area contributed by atoms with E-state index in [0.29, 0.717) is 31.5 Å². The molecule has 10 heteroatoms. The Morgan fingerprint density at radius 2 is 2.04 bits per heavy atom. The molecule has 6 nitrogen and oxygen atoms in total. The Balaban J connectivity index is 1.67. The van der Waals surface area contributed by atoms with Crippen LogP contribution in [-0.4, -0.2) is 33.6 Å². The van der Waals surface area contributed by atoms with Crippen LogP contribution in [0, 0.1) is 0 Å². The molecule has 0 saturated heterocycles. The molecule has 0 unspecified atom stereocenters. The number of nitrogens with zero attached hydrogens (tertiary/aromatic N) is 3. The second-order valence-electron chi connectivity index (χ2n) is 6.08. The van der Waals surface area contributed by atoms with Crippen LogP contribution in [-0.2, 0) is 30.6 Å². The van der Waals surface area contributed by atoms with E-state index >= 15 is 0 Å². The largest absolute Gasteiger partial charge is 0.445 e. The number of hydrogen-bond acceptors (Lipinski definition) is 4. The molecule has 1 amide bonds. The number of carbonyl (C=O) groups is 2. The van der Waals surface area contributed by atoms with Gasteiger partial charge in [-0.3, -0.25) is 9.48 Å². The van der Waals surface area contributed by atoms with Crippen LogP contribution in [0.3, 0.4) is 0 Å². The minimum absolute atomic E-state index is 0.0871. The highest BCUT2D eigenvalue weighted by molar-refractivity contribution is 6.30. The lowest BCUT2D eigenvalue weighted by molar-refractivity contribution is -0.137. The van der Waals surface area contributed by atoms with Crippen LogP contribution in [0.1, 0.15) is 33.7 Å². The maximum Gasteiger partial charge on any atom is 0.416 e. The fraction of sp³-hybridized carbons (Fsp3) is 0.353. The van der Waals surface area contributed by atoms with E-state index in [-0.39, 0.29) is 29.4 Å². The van der Waals surface area contributed by atoms with Crippen LogP contribution >= 0.6 is 11.6 Å². The molecule has 1 aromatic heterocycles. The van der Waals surface area contributed by atoms with Gasteiger partial charge in [0, 0.05) is 18.1 Å². The quantitative estimate of drug-likeness (QED) is 0.731. The number of amides is 1. The first-order valence-corrected chi connectivity index (χ1v) is 8.44. The molecular formula is C17H15ClF3N3O3. The lowest BCUT2D eigenvalue weighted by atomic mass is 10.1. The van der Waals surface area contributed by atoms with Crippen molar-refractivity contribution >= 4 is 24.0 Å². The van der Waals surface area contributed by atoms with Crippen molar-refractivity contribution in [3.63, 3.8) is 0 Å². The SMILES string of the molecule is O=Cc1cc2n(n1)CCCN(C(=O)OCc1cc(Cl)cc(C(F)(F)F)c1)C2. The number of aryl methyl sites for hydroxylation is 1. The van der Waals surface area contributed by atoms with Gasteiger partial charge in [0.15, 0.2) is 6.29 Å². The summed E-state index contributed by atoms with van der Waals surface area (Å²) in [6.45, 7) is 0.818. The van der Waals surface area contributed by atoms with Crippen LogP contribution in [0.25, 0.3) is 0 Å². The van der Waals surface area contributed by atoms with Gasteiger partial charge in [-0.05, 0) is 36.2 Å². The van der Waals surface area contributed by atoms with Crippen molar-refractivity contribution in [2.24, 2.45) is 0 Å². The van der Waals surface area contributed by atoms with Gasteiger partial charge in [0.1, 0.15) is 12.3 Å². The Kier molecular flexibility index (Phi) is 5.41. The van der Waals surface area contributed by atoms with E-state index < -0.39 is 17.8 Å². The number of aldehydes is 1. The molecule has 3 rings (SSSR count). The van der Waals surface area contributed by atoms with Crippen molar-refractivity contribution in [1.29, 1.82) is 0 Å². The van der Waals surface area contributed by atoms with Gasteiger partial charge in [0.25, 0.3) is 0 Å². The van der Waals surface area contributed by atoms with Crippen molar-refractivity contribution in [2.75, 3.05) is 6.54 Å². The summed E-state index contributed by atoms with van der Waals surface area (Å²) in [6.07, 6.45) is -3.96. The van der Waals surface area contributed by atoms with Crippen molar-refractivity contribution in [3.05, 3.63) is 51.8 Å². The van der Waals surface area contributed by atoms with E-state index in [9.17, 15) is 22.8 Å². The summed E-state index contributed by atoms with van der Waals surface area (Å²) >= 11 is 5.72. The summed E-state index contributed by atoms with van der Waals surface area (Å²) in [5.41, 5.74) is 0.208. The molecule has 0 spiro atoms. The monoisotopic (exact) mass is 401 g/mol. The molecule has 2 aromatic rings. The van der Waals surface area contributed by atoms with Gasteiger partial charge in [-0.15, -0.1) is 0 Å². The molecule has 0 atom stereocenters. The van der Waals surface area contributed by atoms with Gasteiger partial charge in [-0.2, -0.15) is 18.3 Å². The van der Waals surface area contributed by atoms with Gasteiger partial charge in [-0.1, -0.05) is 11.6 Å². The molecule has 0 N–H and O–H groups in total. The van der Waals surface area contributed by atoms with Gasteiger partial charge >= 0.3 is 12.3 Å². The second-order valence-corrected chi connectivity index (χ2v) is 6.51. The normalized spacial score (nSPS) is 14.4. The summed E-state index contributed by atoms with van der Waals surface area (Å²) < 4.78 is 45.4. The Bertz CT molecular complexity index is 867. The number of aromatic nitrogens is 2. The minimum Gasteiger partial charge on any atom is -0.445 e. The first-order valence-electron chi connectivity index (χ1n) is 8.06. The third kappa shape index (κ3) is 4.60. The first-order chi connectivity index (χ1) is 12.8. The van der Waals surface area contributed by atoms with E-state index in [1.54, 1.807) is 10.7 Å². The molecule has 144 valence electrons. The number of hydrogen-bond donors (Lipinski definition) is 0. The summed E-state index contributed by atoms with van der Waals surface area (Å²) in [5.74, 6) is 0. The molecule has 1 aromatic carbocycles. The van der Waals surface area contributed by atoms with Gasteiger partial charge in [0.2, 0.25) is 0 Å². The third-order valence-electron chi connectivity index (χ3n) is 4.06. The van der Waals surface area contributed by atoms with Gasteiger partial charge < -0.3 is 9.64 Å². The number of carbonyl (C=O) groups excluding carboxylic acids is 2. The average Bonchev–Trinajstić information content (AvgIpc) is 2.89. The van der Waals surface area contributed by atoms with Crippen LogP contribution in [0.5, 0.6) is 0 Å². The van der Waals surface area contributed by atoms with Crippen LogP contribution < -0.4 is 0 Å². The molecule has 2 heterocycles. The van der Waals surface area contributed by atoms with E-state index in [1.165, 1.54) is 11.0 Å². The van der Waals surface area contributed by atoms with Gasteiger partial charge in [-0.25, -0.2) is 4.79 Å². The topological polar surface area (TPSA) is 64.4 Å². The standard InChI is InChI=1S/C17H15ClF3N3O3/c18-13-5-11(4-12(6-13)17(19,20)21)10-27-16(26)23-2-1-3-24-15(8-23)7-14(9-25)22-24/h4-7,9H,1-3,8,10H2. The molecule has 0 radical (unpaired) electrons. The van der Waals surface area contributed by atoms with Crippen molar-refractivity contribution in [1.82, 2.24) is 14.7 Å². The Hall–Kier alpha value is -2.55. The zero-order valence-electron chi connectivity index (χ0n) is 14.0. The molecule has 1 aliphatic rings. The predicted molar refractivity (Wildman–Crippen MR) is 89.3 cm³/mol. The van der Waals surface area contributed by atoms with E-state index in [2.05, 4.69) is 5.10 Å². The number of alkyl halides is 3. The first kappa shape index (κ1) is 19.2. The zero-order chi connectivity index (χ0) is 19.6. The van der Waals surface area contributed by atoms with E-state index in [4.69, 9.17) is 16.3 Å². The highest BCUT2D eigenvalue weighted by Crippen LogP contribution is 2.32. The fourth-order valence-electron chi connectivity index (χ4n) is 2.83. The lowest BCUT2D eigenvalue weighted by Gasteiger charge is -2.19. The number of fused-ring (bicyclic) bond motifs is 1. The Morgan fingerprint density at radius 1 is 1.26 bits per heavy atom. The van der Waals surface area contributed by atoms with E-state index in [0.717, 1.165) is 12.1 Å². The molecule has 27 heavy (non-hydrogen) atoms. The zero-order valence-corrected chi connectivity index (χ0v) is 14.8. The number of benzene rings is 1. The second kappa shape index (κ2) is 7.59. The van der Waals surface area contributed by atoms with Crippen LogP contribution in [0.2, 0.25) is 5.02 Å². The number of ether oxygens (including phenoxy) is 1. The minimum atomic E-state index is -4.54. The fourth-order valence-corrected chi connectivity index (χ4v) is 3.09. The summed E-state index contributed by atoms with van der Waals surface area (Å²) in [4.78, 5) is 24.6. The molecule has 0 aliphatic carbocycles. The summed E-state index contributed by atoms with van der Waals surface area (Å²) in [6, 6.07) is 4.61. The smallest absolute Gasteiger partial charge is 0.416 e. The maximum atomic E-state index is 12.8. The molecular weight excluding hydrogens is 387 g/mol. The van der Waals surface area contributed by atoms with E-state index in [1.807, 2.05) is 0 Å². The predicted octanol–water partition coefficient (Wildman–Crippen LogP) is 3.91. The average molecular weight is 402 g/mol. The Labute approximate surface area is 157 Å². The van der Waals surface area contributed by atoms with Crippen molar-refractivity contribution < 1.29 is 27.5 Å². The highest BCUT2D eigenvalue weighted by Gasteiger charge is 2.31. The summed E-state index contributed by atoms with van der Waals surface area (Å²) in [7, 11) is 0. The molecule has 0 bridgehead atoms. The highest BCUT2D eigenvalue weighted by atomic mass is 35.5. The molecule has 0 saturated carbocycles. The van der Waals surface area contributed by atoms with Crippen molar-refractivity contribution in [3.8, 4) is 0 Å². The van der Waals surface area contributed by atoms with Crippen LogP contribution in [0.4, 0.5) is 18.0 Å². The molecule has 0 fully saturated rings. The maximum absolute atomic E-state index is 12.8. The van der Waals surface area contributed by atoms with Crippen molar-refractivity contribution in [2.45, 2.75) is 32.3 Å². The lowest BCUT2D eigenvalue weighted by Crippen LogP contribution is -2.31. The summed E-state index contributed by atoms with van der Waals surface area (Å²) in [5, 5.41) is 4.02. The molecule has 1 aliphatic heterocycles. The third-order valence-corrected chi connectivity index (χ3v) is 4.28. The van der Waals surface area contributed by atoms with Crippen LogP contribution in [0.15, 0.2) is 24.3 Å². The van der Waals surface area contributed by atoms with Gasteiger partial charge in [0.05, 0.1) is 17.8 Å². The number of halogens is 4. The Morgan fingerprint density at radius 3 is 2.74 bits per heavy atom. The number of rotatable bonds is 3.